The van der Waals surface area contributed by atoms with Crippen LogP contribution in [0, 0.1) is 11.8 Å². The van der Waals surface area contributed by atoms with Crippen molar-refractivity contribution in [2.75, 3.05) is 0 Å². The van der Waals surface area contributed by atoms with Crippen molar-refractivity contribution >= 4 is 0 Å². The van der Waals surface area contributed by atoms with E-state index in [2.05, 4.69) is 26.9 Å². The lowest BCUT2D eigenvalue weighted by Crippen LogP contribution is -2.04. The molecule has 24 heavy (non-hydrogen) atoms. The van der Waals surface area contributed by atoms with E-state index in [0.717, 1.165) is 12.1 Å². The van der Waals surface area contributed by atoms with Gasteiger partial charge in [0.15, 0.2) is 0 Å². The van der Waals surface area contributed by atoms with E-state index in [4.69, 9.17) is 0 Å². The largest absolute Gasteiger partial charge is 0.416 e. The fourth-order valence-corrected chi connectivity index (χ4v) is 2.18. The van der Waals surface area contributed by atoms with E-state index in [-0.39, 0.29) is 0 Å². The summed E-state index contributed by atoms with van der Waals surface area (Å²) < 4.78 is 39.6. The summed E-state index contributed by atoms with van der Waals surface area (Å²) in [5.41, 5.74) is 1.65. The van der Waals surface area contributed by atoms with E-state index in [0.29, 0.717) is 22.5 Å². The van der Waals surface area contributed by atoms with Gasteiger partial charge in [0.2, 0.25) is 0 Å². The molecule has 0 radical (unpaired) electrons. The van der Waals surface area contributed by atoms with E-state index < -0.39 is 11.7 Å². The van der Waals surface area contributed by atoms with Crippen LogP contribution < -0.4 is 0 Å². The van der Waals surface area contributed by atoms with Crippen molar-refractivity contribution in [2.24, 2.45) is 7.05 Å². The molecule has 3 aromatic rings. The van der Waals surface area contributed by atoms with E-state index in [1.54, 1.807) is 24.1 Å². The first-order chi connectivity index (χ1) is 11.4. The molecule has 0 atom stereocenters. The zero-order valence-electron chi connectivity index (χ0n) is 12.5. The van der Waals surface area contributed by atoms with Gasteiger partial charge in [-0.3, -0.25) is 9.67 Å². The first-order valence-corrected chi connectivity index (χ1v) is 6.93. The minimum atomic E-state index is -4.36. The maximum absolute atomic E-state index is 12.7. The molecule has 3 rings (SSSR count). The predicted molar refractivity (Wildman–Crippen MR) is 81.7 cm³/mol. The van der Waals surface area contributed by atoms with Crippen molar-refractivity contribution < 1.29 is 13.2 Å². The summed E-state index contributed by atoms with van der Waals surface area (Å²) in [7, 11) is 1.71. The van der Waals surface area contributed by atoms with Gasteiger partial charge < -0.3 is 0 Å². The molecule has 0 fully saturated rings. The second kappa shape index (κ2) is 6.16. The van der Waals surface area contributed by atoms with Crippen molar-refractivity contribution in [1.29, 1.82) is 0 Å². The molecule has 0 saturated carbocycles. The molecule has 2 heterocycles. The topological polar surface area (TPSA) is 43.6 Å². The number of hydrogen-bond donors (Lipinski definition) is 0. The van der Waals surface area contributed by atoms with Crippen LogP contribution in [-0.4, -0.2) is 19.7 Å². The Hall–Kier alpha value is -3.14. The van der Waals surface area contributed by atoms with E-state index in [1.807, 2.05) is 0 Å². The normalized spacial score (nSPS) is 11.0. The van der Waals surface area contributed by atoms with Crippen LogP contribution in [0.2, 0.25) is 0 Å². The highest BCUT2D eigenvalue weighted by atomic mass is 19.4. The Morgan fingerprint density at radius 1 is 1.00 bits per heavy atom. The van der Waals surface area contributed by atoms with Crippen molar-refractivity contribution in [2.45, 2.75) is 6.18 Å². The van der Waals surface area contributed by atoms with Crippen LogP contribution in [0.3, 0.4) is 0 Å². The number of aryl methyl sites for hydroxylation is 1. The highest BCUT2D eigenvalue weighted by Gasteiger charge is 2.30. The van der Waals surface area contributed by atoms with Gasteiger partial charge >= 0.3 is 6.18 Å². The van der Waals surface area contributed by atoms with E-state index >= 15 is 0 Å². The molecule has 2 aromatic heterocycles. The number of hydrogen-bond acceptors (Lipinski definition) is 3. The van der Waals surface area contributed by atoms with Crippen LogP contribution >= 0.6 is 0 Å². The molecule has 0 saturated heterocycles. The Morgan fingerprint density at radius 2 is 1.75 bits per heavy atom. The van der Waals surface area contributed by atoms with Gasteiger partial charge in [-0.05, 0) is 18.1 Å². The summed E-state index contributed by atoms with van der Waals surface area (Å²) in [6, 6.07) is 4.91. The first-order valence-electron chi connectivity index (χ1n) is 6.93. The predicted octanol–water partition coefficient (Wildman–Crippen LogP) is 3.30. The number of nitrogens with zero attached hydrogens (tertiary/aromatic N) is 4. The van der Waals surface area contributed by atoms with Crippen molar-refractivity contribution in [3.05, 3.63) is 65.9 Å². The minimum Gasteiger partial charge on any atom is -0.267 e. The Labute approximate surface area is 136 Å². The third-order valence-electron chi connectivity index (χ3n) is 3.31. The zero-order chi connectivity index (χ0) is 17.2. The lowest BCUT2D eigenvalue weighted by atomic mass is 10.1. The smallest absolute Gasteiger partial charge is 0.267 e. The highest BCUT2D eigenvalue weighted by Crippen LogP contribution is 2.31. The average Bonchev–Trinajstić information content (AvgIpc) is 2.94. The van der Waals surface area contributed by atoms with Crippen molar-refractivity contribution in [3.8, 4) is 23.1 Å². The molecule has 0 amide bonds. The van der Waals surface area contributed by atoms with Gasteiger partial charge in [0.25, 0.3) is 0 Å². The molecule has 0 aliphatic heterocycles. The van der Waals surface area contributed by atoms with Crippen LogP contribution in [0.5, 0.6) is 0 Å². The highest BCUT2D eigenvalue weighted by molar-refractivity contribution is 5.68. The molecule has 0 N–H and O–H groups in total. The SMILES string of the molecule is Cn1ncc(C#Cc2cnccn2)c1-c1ccc(C(F)(F)F)cc1. The quantitative estimate of drug-likeness (QED) is 0.644. The molecule has 0 unspecified atom stereocenters. The number of rotatable bonds is 1. The van der Waals surface area contributed by atoms with Gasteiger partial charge in [-0.25, -0.2) is 4.98 Å². The second-order valence-corrected chi connectivity index (χ2v) is 4.95. The number of benzene rings is 1. The van der Waals surface area contributed by atoms with Crippen LogP contribution in [0.1, 0.15) is 16.8 Å². The maximum Gasteiger partial charge on any atom is 0.416 e. The van der Waals surface area contributed by atoms with E-state index in [1.165, 1.54) is 24.5 Å². The number of halogens is 3. The fourth-order valence-electron chi connectivity index (χ4n) is 2.18. The van der Waals surface area contributed by atoms with Crippen molar-refractivity contribution in [1.82, 2.24) is 19.7 Å². The molecule has 0 aliphatic carbocycles. The minimum absolute atomic E-state index is 0.500. The third kappa shape index (κ3) is 3.27. The maximum atomic E-state index is 12.7. The van der Waals surface area contributed by atoms with Crippen LogP contribution in [-0.2, 0) is 13.2 Å². The standard InChI is InChI=1S/C17H11F3N4/c1-24-16(12-2-5-14(6-3-12)17(18,19)20)13(10-23-24)4-7-15-11-21-8-9-22-15/h2-3,5-6,8-11H,1H3. The van der Waals surface area contributed by atoms with E-state index in [9.17, 15) is 13.2 Å². The van der Waals surface area contributed by atoms with Crippen LogP contribution in [0.4, 0.5) is 13.2 Å². The lowest BCUT2D eigenvalue weighted by Gasteiger charge is -2.08. The number of aromatic nitrogens is 4. The summed E-state index contributed by atoms with van der Waals surface area (Å²) in [6.07, 6.45) is 1.81. The summed E-state index contributed by atoms with van der Waals surface area (Å²) in [5, 5.41) is 4.13. The lowest BCUT2D eigenvalue weighted by molar-refractivity contribution is -0.137. The fraction of sp³-hybridized carbons (Fsp3) is 0.118. The van der Waals surface area contributed by atoms with Gasteiger partial charge in [-0.15, -0.1) is 0 Å². The molecule has 4 nitrogen and oxygen atoms in total. The van der Waals surface area contributed by atoms with Gasteiger partial charge in [0.05, 0.1) is 29.2 Å². The molecular weight excluding hydrogens is 317 g/mol. The summed E-state index contributed by atoms with van der Waals surface area (Å²) in [5.74, 6) is 5.80. The van der Waals surface area contributed by atoms with Gasteiger partial charge in [0.1, 0.15) is 5.69 Å². The second-order valence-electron chi connectivity index (χ2n) is 4.95. The zero-order valence-corrected chi connectivity index (χ0v) is 12.5. The van der Waals surface area contributed by atoms with Gasteiger partial charge in [0, 0.05) is 25.0 Å². The monoisotopic (exact) mass is 328 g/mol. The van der Waals surface area contributed by atoms with Gasteiger partial charge in [-0.2, -0.15) is 18.3 Å². The summed E-state index contributed by atoms with van der Waals surface area (Å²) in [4.78, 5) is 7.98. The molecule has 0 bridgehead atoms. The van der Waals surface area contributed by atoms with Gasteiger partial charge in [-0.1, -0.05) is 18.1 Å². The van der Waals surface area contributed by atoms with Crippen LogP contribution in [0.25, 0.3) is 11.3 Å². The molecule has 0 aliphatic rings. The Balaban J connectivity index is 1.98. The van der Waals surface area contributed by atoms with Crippen LogP contribution in [0.15, 0.2) is 49.1 Å². The average molecular weight is 328 g/mol. The third-order valence-corrected chi connectivity index (χ3v) is 3.31. The van der Waals surface area contributed by atoms with Crippen molar-refractivity contribution in [3.63, 3.8) is 0 Å². The number of alkyl halides is 3. The summed E-state index contributed by atoms with van der Waals surface area (Å²) in [6.45, 7) is 0. The molecule has 0 spiro atoms. The summed E-state index contributed by atoms with van der Waals surface area (Å²) >= 11 is 0. The molecule has 7 heteroatoms. The molecular formula is C17H11F3N4. The Kier molecular flexibility index (Phi) is 4.04. The molecule has 1 aromatic carbocycles. The Morgan fingerprint density at radius 3 is 2.38 bits per heavy atom. The Bertz CT molecular complexity index is 901. The molecule has 120 valence electrons. The first kappa shape index (κ1) is 15.7.